The Kier molecular flexibility index (Phi) is 5.58. The lowest BCUT2D eigenvalue weighted by Crippen LogP contribution is -2.30. The number of hydrogen-bond acceptors (Lipinski definition) is 5. The van der Waals surface area contributed by atoms with Gasteiger partial charge in [-0.25, -0.2) is 0 Å². The molecule has 0 unspecified atom stereocenters. The third-order valence-electron chi connectivity index (χ3n) is 4.10. The number of hydrogen-bond donors (Lipinski definition) is 1. The van der Waals surface area contributed by atoms with E-state index < -0.39 is 11.9 Å². The molecule has 0 saturated carbocycles. The largest absolute Gasteiger partial charge is 0.464 e. The summed E-state index contributed by atoms with van der Waals surface area (Å²) < 4.78 is 5.20. The van der Waals surface area contributed by atoms with Gasteiger partial charge in [0.15, 0.2) is 0 Å². The lowest BCUT2D eigenvalue weighted by atomic mass is 10.1. The number of esters is 1. The second-order valence-corrected chi connectivity index (χ2v) is 5.90. The van der Waals surface area contributed by atoms with Crippen LogP contribution in [0.25, 0.3) is 0 Å². The van der Waals surface area contributed by atoms with Crippen LogP contribution in [-0.4, -0.2) is 42.5 Å². The van der Waals surface area contributed by atoms with Crippen LogP contribution in [0.2, 0.25) is 0 Å². The number of amides is 2. The van der Waals surface area contributed by atoms with Crippen molar-refractivity contribution in [2.75, 3.05) is 24.6 Å². The zero-order chi connectivity index (χ0) is 18.4. The molecule has 0 bridgehead atoms. The van der Waals surface area contributed by atoms with Gasteiger partial charge in [0.2, 0.25) is 5.91 Å². The number of pyridine rings is 1. The number of carbonyl (C=O) groups is 3. The Hall–Kier alpha value is -3.22. The molecule has 1 atom stereocenters. The molecule has 134 valence electrons. The van der Waals surface area contributed by atoms with Crippen molar-refractivity contribution in [3.8, 4) is 0 Å². The zero-order valence-electron chi connectivity index (χ0n) is 14.1. The Labute approximate surface area is 151 Å². The molecule has 2 amide bonds. The Morgan fingerprint density at radius 2 is 1.88 bits per heavy atom. The van der Waals surface area contributed by atoms with Gasteiger partial charge >= 0.3 is 5.97 Å². The smallest absolute Gasteiger partial charge is 0.311 e. The molecule has 7 nitrogen and oxygen atoms in total. The molecule has 1 saturated heterocycles. The molecule has 3 rings (SSSR count). The Balaban J connectivity index is 1.43. The van der Waals surface area contributed by atoms with Gasteiger partial charge < -0.3 is 15.0 Å². The van der Waals surface area contributed by atoms with Crippen molar-refractivity contribution >= 4 is 23.5 Å². The molecule has 1 aromatic carbocycles. The van der Waals surface area contributed by atoms with Crippen molar-refractivity contribution in [1.82, 2.24) is 10.3 Å². The number of benzene rings is 1. The second-order valence-electron chi connectivity index (χ2n) is 5.90. The maximum Gasteiger partial charge on any atom is 0.311 e. The van der Waals surface area contributed by atoms with E-state index in [9.17, 15) is 14.4 Å². The van der Waals surface area contributed by atoms with Gasteiger partial charge in [-0.2, -0.15) is 0 Å². The van der Waals surface area contributed by atoms with Gasteiger partial charge in [0.25, 0.3) is 5.91 Å². The number of rotatable bonds is 6. The van der Waals surface area contributed by atoms with Crippen LogP contribution in [0.15, 0.2) is 54.9 Å². The highest BCUT2D eigenvalue weighted by molar-refractivity contribution is 5.99. The van der Waals surface area contributed by atoms with Crippen molar-refractivity contribution in [1.29, 1.82) is 0 Å². The fraction of sp³-hybridized carbons (Fsp3) is 0.263. The van der Waals surface area contributed by atoms with Crippen LogP contribution in [0.3, 0.4) is 0 Å². The van der Waals surface area contributed by atoms with Crippen LogP contribution in [0.5, 0.6) is 0 Å². The molecule has 1 fully saturated rings. The average Bonchev–Trinajstić information content (AvgIpc) is 3.08. The van der Waals surface area contributed by atoms with Gasteiger partial charge in [0.1, 0.15) is 6.61 Å². The quantitative estimate of drug-likeness (QED) is 0.626. The molecule has 0 spiro atoms. The lowest BCUT2D eigenvalue weighted by Gasteiger charge is -2.16. The molecule has 7 heteroatoms. The van der Waals surface area contributed by atoms with Gasteiger partial charge in [-0.3, -0.25) is 19.4 Å². The van der Waals surface area contributed by atoms with E-state index >= 15 is 0 Å². The Morgan fingerprint density at radius 1 is 1.15 bits per heavy atom. The van der Waals surface area contributed by atoms with E-state index in [1.54, 1.807) is 17.0 Å². The SMILES string of the molecule is O=C(NCCOC(=O)[C@@H]1CC(=O)N(c2ccccc2)C1)c1ccncc1. The Morgan fingerprint density at radius 3 is 2.62 bits per heavy atom. The van der Waals surface area contributed by atoms with Crippen LogP contribution in [0.4, 0.5) is 5.69 Å². The summed E-state index contributed by atoms with van der Waals surface area (Å²) in [5, 5.41) is 2.67. The first-order valence-electron chi connectivity index (χ1n) is 8.35. The number of nitrogens with one attached hydrogen (secondary N) is 1. The number of ether oxygens (including phenoxy) is 1. The third-order valence-corrected chi connectivity index (χ3v) is 4.10. The summed E-state index contributed by atoms with van der Waals surface area (Å²) in [6.45, 7) is 0.576. The van der Waals surface area contributed by atoms with E-state index in [1.807, 2.05) is 30.3 Å². The molecule has 1 aromatic heterocycles. The first-order chi connectivity index (χ1) is 12.6. The molecule has 1 aliphatic rings. The number of nitrogens with zero attached hydrogens (tertiary/aromatic N) is 2. The Bertz CT molecular complexity index is 780. The summed E-state index contributed by atoms with van der Waals surface area (Å²) >= 11 is 0. The van der Waals surface area contributed by atoms with Crippen molar-refractivity contribution in [2.45, 2.75) is 6.42 Å². The summed E-state index contributed by atoms with van der Waals surface area (Å²) in [5.74, 6) is -1.26. The van der Waals surface area contributed by atoms with Crippen LogP contribution in [0.1, 0.15) is 16.8 Å². The van der Waals surface area contributed by atoms with E-state index in [2.05, 4.69) is 10.3 Å². The lowest BCUT2D eigenvalue weighted by molar-refractivity contribution is -0.148. The normalized spacial score (nSPS) is 16.4. The molecule has 26 heavy (non-hydrogen) atoms. The highest BCUT2D eigenvalue weighted by atomic mass is 16.5. The van der Waals surface area contributed by atoms with Gasteiger partial charge in [0, 0.05) is 36.6 Å². The molecule has 2 heterocycles. The molecule has 2 aromatic rings. The number of para-hydroxylation sites is 1. The van der Waals surface area contributed by atoms with E-state index in [1.165, 1.54) is 12.4 Å². The van der Waals surface area contributed by atoms with Crippen LogP contribution in [-0.2, 0) is 14.3 Å². The van der Waals surface area contributed by atoms with Crippen LogP contribution >= 0.6 is 0 Å². The molecule has 0 radical (unpaired) electrons. The minimum Gasteiger partial charge on any atom is -0.464 e. The zero-order valence-corrected chi connectivity index (χ0v) is 14.1. The predicted octanol–water partition coefficient (Wildman–Crippen LogP) is 1.41. The van der Waals surface area contributed by atoms with Crippen molar-refractivity contribution in [3.05, 3.63) is 60.4 Å². The van der Waals surface area contributed by atoms with Crippen LogP contribution in [0, 0.1) is 5.92 Å². The average molecular weight is 353 g/mol. The predicted molar refractivity (Wildman–Crippen MR) is 94.4 cm³/mol. The highest BCUT2D eigenvalue weighted by Gasteiger charge is 2.36. The number of aromatic nitrogens is 1. The van der Waals surface area contributed by atoms with E-state index in [0.29, 0.717) is 12.1 Å². The second kappa shape index (κ2) is 8.24. The van der Waals surface area contributed by atoms with Gasteiger partial charge in [-0.15, -0.1) is 0 Å². The highest BCUT2D eigenvalue weighted by Crippen LogP contribution is 2.25. The van der Waals surface area contributed by atoms with Gasteiger partial charge in [-0.1, -0.05) is 18.2 Å². The van der Waals surface area contributed by atoms with Crippen molar-refractivity contribution in [2.24, 2.45) is 5.92 Å². The van der Waals surface area contributed by atoms with E-state index in [-0.39, 0.29) is 31.4 Å². The fourth-order valence-electron chi connectivity index (χ4n) is 2.76. The van der Waals surface area contributed by atoms with Crippen molar-refractivity contribution in [3.63, 3.8) is 0 Å². The molecular weight excluding hydrogens is 334 g/mol. The van der Waals surface area contributed by atoms with Crippen LogP contribution < -0.4 is 10.2 Å². The van der Waals surface area contributed by atoms with E-state index in [0.717, 1.165) is 5.69 Å². The van der Waals surface area contributed by atoms with E-state index in [4.69, 9.17) is 4.74 Å². The summed E-state index contributed by atoms with van der Waals surface area (Å²) in [7, 11) is 0. The molecular formula is C19H19N3O4. The summed E-state index contributed by atoms with van der Waals surface area (Å²) in [6, 6.07) is 12.4. The topological polar surface area (TPSA) is 88.6 Å². The minimum absolute atomic E-state index is 0.0612. The first kappa shape index (κ1) is 17.6. The molecule has 1 aliphatic heterocycles. The fourth-order valence-corrected chi connectivity index (χ4v) is 2.76. The third kappa shape index (κ3) is 4.24. The van der Waals surface area contributed by atoms with Gasteiger partial charge in [0.05, 0.1) is 12.5 Å². The number of anilines is 1. The molecule has 0 aliphatic carbocycles. The summed E-state index contributed by atoms with van der Waals surface area (Å²) in [4.78, 5) is 41.6. The molecule has 1 N–H and O–H groups in total. The minimum atomic E-state index is -0.487. The monoisotopic (exact) mass is 353 g/mol. The van der Waals surface area contributed by atoms with Gasteiger partial charge in [-0.05, 0) is 24.3 Å². The maximum atomic E-state index is 12.2. The standard InChI is InChI=1S/C19H19N3O4/c23-17-12-15(13-22(17)16-4-2-1-3-5-16)19(25)26-11-10-21-18(24)14-6-8-20-9-7-14/h1-9,15H,10-13H2,(H,21,24)/t15-/m1/s1. The summed E-state index contributed by atoms with van der Waals surface area (Å²) in [5.41, 5.74) is 1.27. The first-order valence-corrected chi connectivity index (χ1v) is 8.35. The summed E-state index contributed by atoms with van der Waals surface area (Å²) in [6.07, 6.45) is 3.20. The number of carbonyl (C=O) groups excluding carboxylic acids is 3. The maximum absolute atomic E-state index is 12.2. The van der Waals surface area contributed by atoms with Crippen molar-refractivity contribution < 1.29 is 19.1 Å².